The molecule has 0 aromatic heterocycles. The summed E-state index contributed by atoms with van der Waals surface area (Å²) in [7, 11) is 1.23. The third-order valence-electron chi connectivity index (χ3n) is 2.93. The highest BCUT2D eigenvalue weighted by atomic mass is 19.1. The molecule has 0 aliphatic rings. The molecule has 0 saturated heterocycles. The van der Waals surface area contributed by atoms with Gasteiger partial charge in [-0.2, -0.15) is 0 Å². The minimum Gasteiger partial charge on any atom is -0.465 e. The largest absolute Gasteiger partial charge is 0.465 e. The van der Waals surface area contributed by atoms with Crippen LogP contribution in [-0.2, 0) is 4.74 Å². The Morgan fingerprint density at radius 1 is 1.40 bits per heavy atom. The Bertz CT molecular complexity index is 535. The Hall–Kier alpha value is -2.10. The standard InChI is InChI=1S/C16H20FNO2/c1-5-8-12(6-2)18(7-3)13-9-10-14(15(17)11-13)16(19)20-4/h5-6,8-11H,7H2,1-4H3. The number of benzene rings is 1. The second-order valence-electron chi connectivity index (χ2n) is 4.11. The van der Waals surface area contributed by atoms with Crippen molar-refractivity contribution in [2.75, 3.05) is 18.6 Å². The van der Waals surface area contributed by atoms with Crippen LogP contribution >= 0.6 is 0 Å². The average molecular weight is 277 g/mol. The van der Waals surface area contributed by atoms with Crippen LogP contribution < -0.4 is 4.90 Å². The van der Waals surface area contributed by atoms with Gasteiger partial charge in [0.25, 0.3) is 0 Å². The first kappa shape index (κ1) is 16.0. The molecule has 0 bridgehead atoms. The van der Waals surface area contributed by atoms with Crippen LogP contribution in [0.1, 0.15) is 31.1 Å². The summed E-state index contributed by atoms with van der Waals surface area (Å²) in [6, 6.07) is 4.51. The molecule has 0 aliphatic carbocycles. The van der Waals surface area contributed by atoms with Crippen LogP contribution in [0.15, 0.2) is 42.1 Å². The number of rotatable bonds is 5. The van der Waals surface area contributed by atoms with Crippen molar-refractivity contribution in [3.63, 3.8) is 0 Å². The highest BCUT2D eigenvalue weighted by Gasteiger charge is 2.15. The van der Waals surface area contributed by atoms with Gasteiger partial charge in [0.15, 0.2) is 0 Å². The lowest BCUT2D eigenvalue weighted by atomic mass is 10.1. The molecule has 20 heavy (non-hydrogen) atoms. The first-order valence-electron chi connectivity index (χ1n) is 6.53. The van der Waals surface area contributed by atoms with E-state index in [2.05, 4.69) is 4.74 Å². The molecule has 0 radical (unpaired) electrons. The van der Waals surface area contributed by atoms with Crippen molar-refractivity contribution >= 4 is 11.7 Å². The fraction of sp³-hybridized carbons (Fsp3) is 0.312. The Balaban J connectivity index is 3.18. The number of likely N-dealkylation sites (N-methyl/N-ethyl adjacent to an activating group) is 1. The quantitative estimate of drug-likeness (QED) is 0.603. The molecule has 0 amide bonds. The van der Waals surface area contributed by atoms with E-state index in [1.807, 2.05) is 43.9 Å². The minimum absolute atomic E-state index is 0.0552. The maximum Gasteiger partial charge on any atom is 0.340 e. The molecule has 1 rings (SSSR count). The number of carbonyl (C=O) groups is 1. The molecule has 0 aliphatic heterocycles. The lowest BCUT2D eigenvalue weighted by molar-refractivity contribution is 0.0595. The van der Waals surface area contributed by atoms with Gasteiger partial charge < -0.3 is 9.64 Å². The first-order valence-corrected chi connectivity index (χ1v) is 6.53. The van der Waals surface area contributed by atoms with Crippen LogP contribution in [0.5, 0.6) is 0 Å². The molecule has 0 saturated carbocycles. The second kappa shape index (κ2) is 7.48. The van der Waals surface area contributed by atoms with Crippen LogP contribution in [0.4, 0.5) is 10.1 Å². The number of ether oxygens (including phenoxy) is 1. The SMILES string of the molecule is CC=CC(=CC)N(CC)c1ccc(C(=O)OC)c(F)c1. The number of anilines is 1. The fourth-order valence-corrected chi connectivity index (χ4v) is 1.97. The van der Waals surface area contributed by atoms with Gasteiger partial charge in [0.1, 0.15) is 5.82 Å². The molecule has 0 spiro atoms. The topological polar surface area (TPSA) is 29.5 Å². The molecular weight excluding hydrogens is 257 g/mol. The lowest BCUT2D eigenvalue weighted by Gasteiger charge is -2.24. The van der Waals surface area contributed by atoms with Crippen LogP contribution in [0.25, 0.3) is 0 Å². The van der Waals surface area contributed by atoms with Crippen molar-refractivity contribution in [3.8, 4) is 0 Å². The normalized spacial score (nSPS) is 11.8. The maximum atomic E-state index is 14.0. The first-order chi connectivity index (χ1) is 9.58. The zero-order valence-electron chi connectivity index (χ0n) is 12.3. The van der Waals surface area contributed by atoms with Gasteiger partial charge in [-0.25, -0.2) is 9.18 Å². The number of allylic oxidation sites excluding steroid dienone is 3. The Kier molecular flexibility index (Phi) is 5.97. The highest BCUT2D eigenvalue weighted by molar-refractivity contribution is 5.90. The van der Waals surface area contributed by atoms with Crippen molar-refractivity contribution in [2.24, 2.45) is 0 Å². The molecule has 0 heterocycles. The van der Waals surface area contributed by atoms with Crippen LogP contribution in [-0.4, -0.2) is 19.6 Å². The van der Waals surface area contributed by atoms with E-state index in [-0.39, 0.29) is 5.56 Å². The van der Waals surface area contributed by atoms with Gasteiger partial charge in [-0.05, 0) is 45.0 Å². The number of esters is 1. The number of nitrogens with zero attached hydrogens (tertiary/aromatic N) is 1. The number of halogens is 1. The summed E-state index contributed by atoms with van der Waals surface area (Å²) in [6.07, 6.45) is 5.84. The summed E-state index contributed by atoms with van der Waals surface area (Å²) in [4.78, 5) is 13.3. The van der Waals surface area contributed by atoms with Crippen molar-refractivity contribution in [1.29, 1.82) is 0 Å². The van der Waals surface area contributed by atoms with Crippen molar-refractivity contribution in [3.05, 3.63) is 53.5 Å². The number of hydrogen-bond acceptors (Lipinski definition) is 3. The lowest BCUT2D eigenvalue weighted by Crippen LogP contribution is -2.21. The van der Waals surface area contributed by atoms with Gasteiger partial charge in [0, 0.05) is 17.9 Å². The van der Waals surface area contributed by atoms with E-state index < -0.39 is 11.8 Å². The zero-order valence-corrected chi connectivity index (χ0v) is 12.3. The summed E-state index contributed by atoms with van der Waals surface area (Å²) < 4.78 is 18.5. The third-order valence-corrected chi connectivity index (χ3v) is 2.93. The van der Waals surface area contributed by atoms with Gasteiger partial charge >= 0.3 is 5.97 Å². The smallest absolute Gasteiger partial charge is 0.340 e. The number of hydrogen-bond donors (Lipinski definition) is 0. The number of methoxy groups -OCH3 is 1. The van der Waals surface area contributed by atoms with E-state index in [1.54, 1.807) is 6.07 Å². The van der Waals surface area contributed by atoms with Gasteiger partial charge in [-0.3, -0.25) is 0 Å². The predicted octanol–water partition coefficient (Wildman–Crippen LogP) is 3.92. The molecule has 3 nitrogen and oxygen atoms in total. The molecule has 0 atom stereocenters. The average Bonchev–Trinajstić information content (AvgIpc) is 2.46. The van der Waals surface area contributed by atoms with Crippen LogP contribution in [0.3, 0.4) is 0 Å². The van der Waals surface area contributed by atoms with Gasteiger partial charge in [-0.15, -0.1) is 0 Å². The molecular formula is C16H20FNO2. The van der Waals surface area contributed by atoms with E-state index in [9.17, 15) is 9.18 Å². The summed E-state index contributed by atoms with van der Waals surface area (Å²) >= 11 is 0. The van der Waals surface area contributed by atoms with E-state index >= 15 is 0 Å². The van der Waals surface area contributed by atoms with Crippen molar-refractivity contribution < 1.29 is 13.9 Å². The zero-order chi connectivity index (χ0) is 15.1. The highest BCUT2D eigenvalue weighted by Crippen LogP contribution is 2.23. The maximum absolute atomic E-state index is 14.0. The van der Waals surface area contributed by atoms with E-state index in [0.29, 0.717) is 12.2 Å². The van der Waals surface area contributed by atoms with Crippen molar-refractivity contribution in [2.45, 2.75) is 20.8 Å². The predicted molar refractivity (Wildman–Crippen MR) is 79.3 cm³/mol. The van der Waals surface area contributed by atoms with E-state index in [1.165, 1.54) is 19.2 Å². The summed E-state index contributed by atoms with van der Waals surface area (Å²) in [5, 5.41) is 0. The van der Waals surface area contributed by atoms with Crippen molar-refractivity contribution in [1.82, 2.24) is 0 Å². The second-order valence-corrected chi connectivity index (χ2v) is 4.11. The monoisotopic (exact) mass is 277 g/mol. The van der Waals surface area contributed by atoms with Crippen LogP contribution in [0, 0.1) is 5.82 Å². The Morgan fingerprint density at radius 3 is 2.55 bits per heavy atom. The Labute approximate surface area is 119 Å². The molecule has 108 valence electrons. The minimum atomic E-state index is -0.670. The summed E-state index contributed by atoms with van der Waals surface area (Å²) in [6.45, 7) is 6.54. The van der Waals surface area contributed by atoms with E-state index in [0.717, 1.165) is 5.70 Å². The number of carbonyl (C=O) groups excluding carboxylic acids is 1. The molecule has 4 heteroatoms. The molecule has 1 aromatic carbocycles. The summed E-state index contributed by atoms with van der Waals surface area (Å²) in [5.74, 6) is -1.25. The fourth-order valence-electron chi connectivity index (χ4n) is 1.97. The molecule has 0 fully saturated rings. The molecule has 0 unspecified atom stereocenters. The molecule has 1 aromatic rings. The summed E-state index contributed by atoms with van der Waals surface area (Å²) in [5.41, 5.74) is 1.62. The van der Waals surface area contributed by atoms with Gasteiger partial charge in [0.2, 0.25) is 0 Å². The van der Waals surface area contributed by atoms with Gasteiger partial charge in [0.05, 0.1) is 12.7 Å². The van der Waals surface area contributed by atoms with Crippen LogP contribution in [0.2, 0.25) is 0 Å². The Morgan fingerprint density at radius 2 is 2.10 bits per heavy atom. The van der Waals surface area contributed by atoms with Gasteiger partial charge in [-0.1, -0.05) is 12.2 Å². The third kappa shape index (κ3) is 3.47. The van der Waals surface area contributed by atoms with E-state index in [4.69, 9.17) is 0 Å². The molecule has 0 N–H and O–H groups in total.